The van der Waals surface area contributed by atoms with Crippen LogP contribution in [-0.2, 0) is 9.53 Å². The number of hydrogen-bond acceptors (Lipinski definition) is 4. The molecule has 5 heteroatoms. The minimum absolute atomic E-state index is 0.0589. The first-order valence-corrected chi connectivity index (χ1v) is 6.55. The molecule has 0 spiro atoms. The van der Waals surface area contributed by atoms with Crippen LogP contribution in [0.3, 0.4) is 0 Å². The molecule has 0 fully saturated rings. The van der Waals surface area contributed by atoms with Crippen LogP contribution in [0.2, 0.25) is 0 Å². The summed E-state index contributed by atoms with van der Waals surface area (Å²) in [7, 11) is 0. The van der Waals surface area contributed by atoms with E-state index in [1.807, 2.05) is 13.8 Å². The molecule has 0 rings (SSSR count). The summed E-state index contributed by atoms with van der Waals surface area (Å²) in [6.07, 6.45) is 2.78. The Morgan fingerprint density at radius 3 is 2.71 bits per heavy atom. The van der Waals surface area contributed by atoms with E-state index in [4.69, 9.17) is 10.5 Å². The first-order valence-electron chi connectivity index (χ1n) is 6.55. The molecule has 102 valence electrons. The Morgan fingerprint density at radius 1 is 1.35 bits per heavy atom. The van der Waals surface area contributed by atoms with Crippen LogP contribution in [-0.4, -0.2) is 44.8 Å². The molecule has 0 radical (unpaired) electrons. The molecule has 5 nitrogen and oxygen atoms in total. The number of hydrogen-bond donors (Lipinski definition) is 3. The third-order valence-electron chi connectivity index (χ3n) is 2.46. The summed E-state index contributed by atoms with van der Waals surface area (Å²) in [6.45, 7) is 7.26. The monoisotopic (exact) mass is 245 g/mol. The molecule has 4 N–H and O–H groups in total. The van der Waals surface area contributed by atoms with Crippen LogP contribution in [0.15, 0.2) is 0 Å². The number of ether oxygens (including phenoxy) is 1. The molecular weight excluding hydrogens is 218 g/mol. The molecule has 1 unspecified atom stereocenters. The number of rotatable bonds is 11. The van der Waals surface area contributed by atoms with Gasteiger partial charge in [-0.2, -0.15) is 0 Å². The van der Waals surface area contributed by atoms with Gasteiger partial charge < -0.3 is 21.1 Å². The van der Waals surface area contributed by atoms with E-state index in [-0.39, 0.29) is 11.9 Å². The van der Waals surface area contributed by atoms with Crippen LogP contribution >= 0.6 is 0 Å². The fourth-order valence-corrected chi connectivity index (χ4v) is 1.58. The van der Waals surface area contributed by atoms with Crippen molar-refractivity contribution < 1.29 is 9.53 Å². The number of unbranched alkanes of at least 4 members (excludes halogenated alkanes) is 1. The summed E-state index contributed by atoms with van der Waals surface area (Å²) in [5.74, 6) is 0.0589. The van der Waals surface area contributed by atoms with Gasteiger partial charge in [-0.1, -0.05) is 13.3 Å². The van der Waals surface area contributed by atoms with E-state index in [1.54, 1.807) is 0 Å². The maximum Gasteiger partial charge on any atom is 0.237 e. The Hall–Kier alpha value is -0.650. The number of carbonyl (C=O) groups is 1. The molecule has 0 saturated carbocycles. The largest absolute Gasteiger partial charge is 0.380 e. The van der Waals surface area contributed by atoms with Crippen LogP contribution in [0.1, 0.15) is 33.1 Å². The van der Waals surface area contributed by atoms with Gasteiger partial charge in [-0.05, 0) is 32.9 Å². The minimum Gasteiger partial charge on any atom is -0.380 e. The number of nitrogens with one attached hydrogen (secondary N) is 2. The Kier molecular flexibility index (Phi) is 11.4. The SMILES string of the molecule is CCNC(CCCCN)C(=O)NCCOCC. The summed E-state index contributed by atoms with van der Waals surface area (Å²) in [5.41, 5.74) is 5.44. The average Bonchev–Trinajstić information content (AvgIpc) is 2.33. The molecule has 1 amide bonds. The Balaban J connectivity index is 3.79. The molecule has 0 heterocycles. The Labute approximate surface area is 104 Å². The minimum atomic E-state index is -0.104. The molecule has 0 saturated heterocycles. The Morgan fingerprint density at radius 2 is 2.12 bits per heavy atom. The van der Waals surface area contributed by atoms with E-state index >= 15 is 0 Å². The molecule has 17 heavy (non-hydrogen) atoms. The average molecular weight is 245 g/mol. The fraction of sp³-hybridized carbons (Fsp3) is 0.917. The topological polar surface area (TPSA) is 76.4 Å². The van der Waals surface area contributed by atoms with Gasteiger partial charge in [0.25, 0.3) is 0 Å². The van der Waals surface area contributed by atoms with Gasteiger partial charge in [-0.3, -0.25) is 4.79 Å². The van der Waals surface area contributed by atoms with Gasteiger partial charge in [-0.15, -0.1) is 0 Å². The number of likely N-dealkylation sites (N-methyl/N-ethyl adjacent to an activating group) is 1. The molecule has 0 aliphatic carbocycles. The van der Waals surface area contributed by atoms with Gasteiger partial charge in [0.2, 0.25) is 5.91 Å². The van der Waals surface area contributed by atoms with Gasteiger partial charge in [0, 0.05) is 13.2 Å². The van der Waals surface area contributed by atoms with Crippen LogP contribution in [0.5, 0.6) is 0 Å². The Bertz CT molecular complexity index is 189. The zero-order valence-electron chi connectivity index (χ0n) is 11.1. The van der Waals surface area contributed by atoms with Gasteiger partial charge in [0.15, 0.2) is 0 Å². The summed E-state index contributed by atoms with van der Waals surface area (Å²) >= 11 is 0. The maximum absolute atomic E-state index is 11.8. The normalized spacial score (nSPS) is 12.4. The fourth-order valence-electron chi connectivity index (χ4n) is 1.58. The predicted molar refractivity (Wildman–Crippen MR) is 69.9 cm³/mol. The zero-order valence-corrected chi connectivity index (χ0v) is 11.1. The second-order valence-corrected chi connectivity index (χ2v) is 3.88. The lowest BCUT2D eigenvalue weighted by atomic mass is 10.1. The summed E-state index contributed by atoms with van der Waals surface area (Å²) < 4.78 is 5.17. The molecular formula is C12H27N3O2. The first kappa shape index (κ1) is 16.4. The highest BCUT2D eigenvalue weighted by Crippen LogP contribution is 2.00. The smallest absolute Gasteiger partial charge is 0.237 e. The van der Waals surface area contributed by atoms with E-state index in [0.717, 1.165) is 25.8 Å². The third kappa shape index (κ3) is 9.09. The second-order valence-electron chi connectivity index (χ2n) is 3.88. The molecule has 0 aromatic heterocycles. The molecule has 0 aliphatic rings. The van der Waals surface area contributed by atoms with Gasteiger partial charge in [-0.25, -0.2) is 0 Å². The summed E-state index contributed by atoms with van der Waals surface area (Å²) in [4.78, 5) is 11.8. The van der Waals surface area contributed by atoms with Crippen molar-refractivity contribution in [2.24, 2.45) is 5.73 Å². The van der Waals surface area contributed by atoms with E-state index in [9.17, 15) is 4.79 Å². The van der Waals surface area contributed by atoms with Gasteiger partial charge >= 0.3 is 0 Å². The van der Waals surface area contributed by atoms with Crippen molar-refractivity contribution in [1.29, 1.82) is 0 Å². The highest BCUT2D eigenvalue weighted by atomic mass is 16.5. The lowest BCUT2D eigenvalue weighted by Gasteiger charge is -2.17. The van der Waals surface area contributed by atoms with E-state index in [1.165, 1.54) is 0 Å². The van der Waals surface area contributed by atoms with Crippen molar-refractivity contribution in [3.63, 3.8) is 0 Å². The standard InChI is InChI=1S/C12H27N3O2/c1-3-14-11(7-5-6-8-13)12(16)15-9-10-17-4-2/h11,14H,3-10,13H2,1-2H3,(H,15,16). The number of nitrogens with two attached hydrogens (primary N) is 1. The van der Waals surface area contributed by atoms with Gasteiger partial charge in [0.1, 0.15) is 0 Å². The molecule has 0 aliphatic heterocycles. The molecule has 0 bridgehead atoms. The van der Waals surface area contributed by atoms with Crippen LogP contribution in [0, 0.1) is 0 Å². The summed E-state index contributed by atoms with van der Waals surface area (Å²) in [6, 6.07) is -0.104. The third-order valence-corrected chi connectivity index (χ3v) is 2.46. The first-order chi connectivity index (χ1) is 8.26. The number of amides is 1. The lowest BCUT2D eigenvalue weighted by Crippen LogP contribution is -2.45. The van der Waals surface area contributed by atoms with E-state index < -0.39 is 0 Å². The quantitative estimate of drug-likeness (QED) is 0.456. The molecule has 0 aromatic rings. The predicted octanol–water partition coefficient (Wildman–Crippen LogP) is 0.246. The molecule has 1 atom stereocenters. The van der Waals surface area contributed by atoms with E-state index in [2.05, 4.69) is 10.6 Å². The van der Waals surface area contributed by atoms with Gasteiger partial charge in [0.05, 0.1) is 12.6 Å². The van der Waals surface area contributed by atoms with Crippen molar-refractivity contribution in [3.8, 4) is 0 Å². The maximum atomic E-state index is 11.8. The van der Waals surface area contributed by atoms with Crippen molar-refractivity contribution in [3.05, 3.63) is 0 Å². The zero-order chi connectivity index (χ0) is 12.9. The summed E-state index contributed by atoms with van der Waals surface area (Å²) in [5, 5.41) is 6.06. The van der Waals surface area contributed by atoms with Crippen molar-refractivity contribution in [1.82, 2.24) is 10.6 Å². The highest BCUT2D eigenvalue weighted by molar-refractivity contribution is 5.81. The number of carbonyl (C=O) groups excluding carboxylic acids is 1. The van der Waals surface area contributed by atoms with Crippen LogP contribution < -0.4 is 16.4 Å². The van der Waals surface area contributed by atoms with Crippen LogP contribution in [0.25, 0.3) is 0 Å². The second kappa shape index (κ2) is 11.8. The lowest BCUT2D eigenvalue weighted by molar-refractivity contribution is -0.123. The van der Waals surface area contributed by atoms with Crippen LogP contribution in [0.4, 0.5) is 0 Å². The highest BCUT2D eigenvalue weighted by Gasteiger charge is 2.15. The van der Waals surface area contributed by atoms with Crippen molar-refractivity contribution in [2.75, 3.05) is 32.8 Å². The van der Waals surface area contributed by atoms with Crippen molar-refractivity contribution in [2.45, 2.75) is 39.2 Å². The van der Waals surface area contributed by atoms with Crippen molar-refractivity contribution >= 4 is 5.91 Å². The molecule has 0 aromatic carbocycles. The van der Waals surface area contributed by atoms with E-state index in [0.29, 0.717) is 26.3 Å².